The Morgan fingerprint density at radius 1 is 1.03 bits per heavy atom. The average molecular weight is 466 g/mol. The van der Waals surface area contributed by atoms with Crippen LogP contribution < -0.4 is 10.6 Å². The molecular formula is C22H25F2N3O4S. The SMILES string of the molecule is CNC(=O)C(NC(=O)CCc1ccc(S(=O)(=O)N2CCCC2)cc1)c1ccc(F)c(F)c1. The Kier molecular flexibility index (Phi) is 7.57. The van der Waals surface area contributed by atoms with Crippen LogP contribution in [-0.4, -0.2) is 44.7 Å². The molecule has 2 amide bonds. The first kappa shape index (κ1) is 23.8. The number of aryl methyl sites for hydroxylation is 1. The molecule has 172 valence electrons. The van der Waals surface area contributed by atoms with Crippen LogP contribution in [0, 0.1) is 11.6 Å². The molecule has 1 atom stereocenters. The van der Waals surface area contributed by atoms with E-state index < -0.39 is 39.5 Å². The van der Waals surface area contributed by atoms with Gasteiger partial charge in [-0.15, -0.1) is 0 Å². The van der Waals surface area contributed by atoms with Crippen molar-refractivity contribution in [1.82, 2.24) is 14.9 Å². The van der Waals surface area contributed by atoms with Gasteiger partial charge >= 0.3 is 0 Å². The van der Waals surface area contributed by atoms with Gasteiger partial charge in [0, 0.05) is 26.6 Å². The maximum absolute atomic E-state index is 13.6. The van der Waals surface area contributed by atoms with Gasteiger partial charge in [0.25, 0.3) is 0 Å². The number of amides is 2. The second kappa shape index (κ2) is 10.2. The minimum Gasteiger partial charge on any atom is -0.357 e. The van der Waals surface area contributed by atoms with Gasteiger partial charge in [0.2, 0.25) is 21.8 Å². The molecule has 0 aliphatic carbocycles. The summed E-state index contributed by atoms with van der Waals surface area (Å²) in [5, 5.41) is 4.92. The molecule has 2 N–H and O–H groups in total. The number of hydrogen-bond acceptors (Lipinski definition) is 4. The largest absolute Gasteiger partial charge is 0.357 e. The van der Waals surface area contributed by atoms with E-state index in [9.17, 15) is 26.8 Å². The van der Waals surface area contributed by atoms with Crippen LogP contribution in [0.5, 0.6) is 0 Å². The first-order chi connectivity index (χ1) is 15.2. The Balaban J connectivity index is 1.62. The number of sulfonamides is 1. The fourth-order valence-electron chi connectivity index (χ4n) is 3.53. The molecule has 1 heterocycles. The van der Waals surface area contributed by atoms with Crippen LogP contribution in [0.3, 0.4) is 0 Å². The molecule has 7 nitrogen and oxygen atoms in total. The van der Waals surface area contributed by atoms with E-state index in [4.69, 9.17) is 0 Å². The number of carbonyl (C=O) groups excluding carboxylic acids is 2. The molecule has 3 rings (SSSR count). The molecule has 1 fully saturated rings. The van der Waals surface area contributed by atoms with Gasteiger partial charge < -0.3 is 10.6 Å². The lowest BCUT2D eigenvalue weighted by Gasteiger charge is -2.18. The van der Waals surface area contributed by atoms with Crippen LogP contribution in [0.4, 0.5) is 8.78 Å². The zero-order chi connectivity index (χ0) is 23.3. The van der Waals surface area contributed by atoms with Gasteiger partial charge in [0.15, 0.2) is 11.6 Å². The first-order valence-corrected chi connectivity index (χ1v) is 11.7. The Labute approximate surface area is 185 Å². The lowest BCUT2D eigenvalue weighted by atomic mass is 10.0. The Morgan fingerprint density at radius 2 is 1.69 bits per heavy atom. The van der Waals surface area contributed by atoms with Crippen LogP contribution in [-0.2, 0) is 26.0 Å². The predicted octanol–water partition coefficient (Wildman–Crippen LogP) is 2.29. The van der Waals surface area contributed by atoms with Crippen molar-refractivity contribution in [3.8, 4) is 0 Å². The van der Waals surface area contributed by atoms with E-state index in [-0.39, 0.29) is 16.9 Å². The minimum absolute atomic E-state index is 0.0232. The summed E-state index contributed by atoms with van der Waals surface area (Å²) in [6, 6.07) is 8.18. The topological polar surface area (TPSA) is 95.6 Å². The van der Waals surface area contributed by atoms with Gasteiger partial charge in [-0.25, -0.2) is 17.2 Å². The molecule has 10 heteroatoms. The third kappa shape index (κ3) is 5.49. The van der Waals surface area contributed by atoms with Gasteiger partial charge in [0.05, 0.1) is 4.90 Å². The third-order valence-electron chi connectivity index (χ3n) is 5.36. The van der Waals surface area contributed by atoms with Crippen molar-refractivity contribution in [3.05, 3.63) is 65.2 Å². The molecule has 0 spiro atoms. The fourth-order valence-corrected chi connectivity index (χ4v) is 5.05. The van der Waals surface area contributed by atoms with Crippen LogP contribution in [0.15, 0.2) is 47.4 Å². The minimum atomic E-state index is -3.50. The highest BCUT2D eigenvalue weighted by Gasteiger charge is 2.27. The highest BCUT2D eigenvalue weighted by Crippen LogP contribution is 2.22. The monoisotopic (exact) mass is 465 g/mol. The molecule has 2 aromatic carbocycles. The third-order valence-corrected chi connectivity index (χ3v) is 7.27. The van der Waals surface area contributed by atoms with Crippen molar-refractivity contribution < 1.29 is 26.8 Å². The highest BCUT2D eigenvalue weighted by atomic mass is 32.2. The molecule has 0 bridgehead atoms. The van der Waals surface area contributed by atoms with E-state index in [2.05, 4.69) is 10.6 Å². The number of nitrogens with one attached hydrogen (secondary N) is 2. The van der Waals surface area contributed by atoms with E-state index in [1.807, 2.05) is 0 Å². The van der Waals surface area contributed by atoms with Crippen molar-refractivity contribution in [3.63, 3.8) is 0 Å². The second-order valence-electron chi connectivity index (χ2n) is 7.54. The Bertz CT molecular complexity index is 1080. The lowest BCUT2D eigenvalue weighted by molar-refractivity contribution is -0.128. The molecule has 1 aliphatic heterocycles. The van der Waals surface area contributed by atoms with E-state index in [1.165, 1.54) is 29.6 Å². The smallest absolute Gasteiger partial charge is 0.246 e. The summed E-state index contributed by atoms with van der Waals surface area (Å²) in [7, 11) is -2.13. The zero-order valence-corrected chi connectivity index (χ0v) is 18.4. The molecule has 1 aliphatic rings. The molecule has 1 unspecified atom stereocenters. The van der Waals surface area contributed by atoms with Crippen molar-refractivity contribution >= 4 is 21.8 Å². The molecule has 1 saturated heterocycles. The number of benzene rings is 2. The van der Waals surface area contributed by atoms with E-state index in [0.29, 0.717) is 19.5 Å². The Morgan fingerprint density at radius 3 is 2.28 bits per heavy atom. The van der Waals surface area contributed by atoms with Crippen LogP contribution in [0.1, 0.15) is 36.4 Å². The van der Waals surface area contributed by atoms with Gasteiger partial charge in [-0.2, -0.15) is 4.31 Å². The number of carbonyl (C=O) groups is 2. The van der Waals surface area contributed by atoms with E-state index >= 15 is 0 Å². The van der Waals surface area contributed by atoms with Crippen molar-refractivity contribution in [2.45, 2.75) is 36.6 Å². The highest BCUT2D eigenvalue weighted by molar-refractivity contribution is 7.89. The first-order valence-electron chi connectivity index (χ1n) is 10.3. The summed E-state index contributed by atoms with van der Waals surface area (Å²) in [5.74, 6) is -3.20. The van der Waals surface area contributed by atoms with Gasteiger partial charge in [-0.05, 0) is 54.7 Å². The summed E-state index contributed by atoms with van der Waals surface area (Å²) in [5.41, 5.74) is 0.873. The van der Waals surface area contributed by atoms with Crippen LogP contribution >= 0.6 is 0 Å². The number of hydrogen-bond donors (Lipinski definition) is 2. The van der Waals surface area contributed by atoms with Crippen molar-refractivity contribution in [2.24, 2.45) is 0 Å². The van der Waals surface area contributed by atoms with Gasteiger partial charge in [-0.1, -0.05) is 18.2 Å². The fraction of sp³-hybridized carbons (Fsp3) is 0.364. The van der Waals surface area contributed by atoms with Crippen LogP contribution in [0.2, 0.25) is 0 Å². The summed E-state index contributed by atoms with van der Waals surface area (Å²) in [4.78, 5) is 24.8. The van der Waals surface area contributed by atoms with E-state index in [1.54, 1.807) is 12.1 Å². The lowest BCUT2D eigenvalue weighted by Crippen LogP contribution is -2.39. The standard InChI is InChI=1S/C22H25F2N3O4S/c1-25-22(29)21(16-7-10-18(23)19(24)14-16)26-20(28)11-6-15-4-8-17(9-5-15)32(30,31)27-12-2-3-13-27/h4-5,7-10,14,21H,2-3,6,11-13H2,1H3,(H,25,29)(H,26,28). The molecule has 0 radical (unpaired) electrons. The van der Waals surface area contributed by atoms with Crippen molar-refractivity contribution in [2.75, 3.05) is 20.1 Å². The maximum Gasteiger partial charge on any atom is 0.246 e. The predicted molar refractivity (Wildman–Crippen MR) is 114 cm³/mol. The molecule has 0 saturated carbocycles. The van der Waals surface area contributed by atoms with Crippen LogP contribution in [0.25, 0.3) is 0 Å². The summed E-state index contributed by atoms with van der Waals surface area (Å²) < 4.78 is 53.4. The number of likely N-dealkylation sites (N-methyl/N-ethyl adjacent to an activating group) is 1. The number of rotatable bonds is 8. The normalized spacial score (nSPS) is 15.3. The van der Waals surface area contributed by atoms with E-state index in [0.717, 1.165) is 30.5 Å². The molecule has 0 aromatic heterocycles. The zero-order valence-electron chi connectivity index (χ0n) is 17.6. The maximum atomic E-state index is 13.6. The quantitative estimate of drug-likeness (QED) is 0.625. The summed E-state index contributed by atoms with van der Waals surface area (Å²) >= 11 is 0. The van der Waals surface area contributed by atoms with Crippen molar-refractivity contribution in [1.29, 1.82) is 0 Å². The van der Waals surface area contributed by atoms with Gasteiger partial charge in [0.1, 0.15) is 6.04 Å². The number of nitrogens with zero attached hydrogens (tertiary/aromatic N) is 1. The summed E-state index contributed by atoms with van der Waals surface area (Å²) in [6.07, 6.45) is 2.05. The molecular weight excluding hydrogens is 440 g/mol. The average Bonchev–Trinajstić information content (AvgIpc) is 3.34. The van der Waals surface area contributed by atoms with Gasteiger partial charge in [-0.3, -0.25) is 9.59 Å². The summed E-state index contributed by atoms with van der Waals surface area (Å²) in [6.45, 7) is 1.05. The Hall–Kier alpha value is -2.85. The molecule has 2 aromatic rings. The molecule has 32 heavy (non-hydrogen) atoms. The number of halogens is 2. The second-order valence-corrected chi connectivity index (χ2v) is 9.48.